The van der Waals surface area contributed by atoms with E-state index in [9.17, 15) is 0 Å². The lowest BCUT2D eigenvalue weighted by molar-refractivity contribution is 0.0985. The van der Waals surface area contributed by atoms with E-state index in [-0.39, 0.29) is 0 Å². The average molecular weight is 249 g/mol. The van der Waals surface area contributed by atoms with Gasteiger partial charge in [0.1, 0.15) is 5.82 Å². The van der Waals surface area contributed by atoms with Crippen LogP contribution in [0, 0.1) is 6.92 Å². The molecule has 18 heavy (non-hydrogen) atoms. The summed E-state index contributed by atoms with van der Waals surface area (Å²) in [4.78, 5) is 7.06. The fourth-order valence-electron chi connectivity index (χ4n) is 2.25. The number of rotatable bonds is 4. The molecular formula is C14H23N3O. The number of ether oxygens (including phenoxy) is 1. The Morgan fingerprint density at radius 3 is 3.00 bits per heavy atom. The van der Waals surface area contributed by atoms with Crippen molar-refractivity contribution in [2.45, 2.75) is 33.4 Å². The highest BCUT2D eigenvalue weighted by molar-refractivity contribution is 5.43. The van der Waals surface area contributed by atoms with E-state index in [1.807, 2.05) is 0 Å². The zero-order valence-electron chi connectivity index (χ0n) is 11.6. The maximum atomic E-state index is 5.46. The predicted molar refractivity (Wildman–Crippen MR) is 74.0 cm³/mol. The third kappa shape index (κ3) is 3.00. The van der Waals surface area contributed by atoms with Gasteiger partial charge in [0, 0.05) is 18.8 Å². The summed E-state index contributed by atoms with van der Waals surface area (Å²) >= 11 is 0. The van der Waals surface area contributed by atoms with Crippen molar-refractivity contribution >= 4 is 5.82 Å². The van der Waals surface area contributed by atoms with Gasteiger partial charge in [-0.1, -0.05) is 13.0 Å². The molecule has 2 heterocycles. The minimum atomic E-state index is 0.408. The van der Waals surface area contributed by atoms with Crippen LogP contribution in [-0.2, 0) is 11.3 Å². The Bertz CT molecular complexity index is 395. The molecule has 1 aromatic heterocycles. The van der Waals surface area contributed by atoms with Gasteiger partial charge in [-0.3, -0.25) is 0 Å². The Morgan fingerprint density at radius 1 is 1.50 bits per heavy atom. The Morgan fingerprint density at radius 2 is 2.33 bits per heavy atom. The number of pyridine rings is 1. The van der Waals surface area contributed by atoms with Gasteiger partial charge in [-0.2, -0.15) is 0 Å². The number of aromatic nitrogens is 1. The molecule has 0 aromatic carbocycles. The van der Waals surface area contributed by atoms with E-state index in [2.05, 4.69) is 43.1 Å². The van der Waals surface area contributed by atoms with Gasteiger partial charge in [0.25, 0.3) is 0 Å². The summed E-state index contributed by atoms with van der Waals surface area (Å²) in [5.41, 5.74) is 2.40. The third-order valence-electron chi connectivity index (χ3n) is 3.41. The lowest BCUT2D eigenvalue weighted by atomic mass is 10.2. The summed E-state index contributed by atoms with van der Waals surface area (Å²) in [6.45, 7) is 10.8. The molecule has 1 unspecified atom stereocenters. The van der Waals surface area contributed by atoms with Gasteiger partial charge in [-0.15, -0.1) is 0 Å². The number of anilines is 1. The Kier molecular flexibility index (Phi) is 4.55. The van der Waals surface area contributed by atoms with Crippen LogP contribution in [0.4, 0.5) is 5.82 Å². The molecule has 0 spiro atoms. The van der Waals surface area contributed by atoms with Crippen LogP contribution in [-0.4, -0.2) is 37.3 Å². The SMILES string of the molecule is CCNCc1ccc(N2CCOCC2C)nc1C. The van der Waals surface area contributed by atoms with Crippen LogP contribution >= 0.6 is 0 Å². The van der Waals surface area contributed by atoms with E-state index in [0.29, 0.717) is 6.04 Å². The number of morpholine rings is 1. The first-order chi connectivity index (χ1) is 8.72. The second kappa shape index (κ2) is 6.16. The second-order valence-corrected chi connectivity index (χ2v) is 4.81. The van der Waals surface area contributed by atoms with Crippen LogP contribution in [0.2, 0.25) is 0 Å². The van der Waals surface area contributed by atoms with Gasteiger partial charge in [-0.05, 0) is 32.0 Å². The number of hydrogen-bond donors (Lipinski definition) is 1. The van der Waals surface area contributed by atoms with E-state index in [0.717, 1.165) is 44.4 Å². The summed E-state index contributed by atoms with van der Waals surface area (Å²) < 4.78 is 5.46. The normalized spacial score (nSPS) is 20.2. The average Bonchev–Trinajstić information content (AvgIpc) is 2.38. The number of aryl methyl sites for hydroxylation is 1. The zero-order chi connectivity index (χ0) is 13.0. The van der Waals surface area contributed by atoms with Crippen molar-refractivity contribution in [1.29, 1.82) is 0 Å². The van der Waals surface area contributed by atoms with Gasteiger partial charge >= 0.3 is 0 Å². The Balaban J connectivity index is 2.12. The van der Waals surface area contributed by atoms with Gasteiger partial charge < -0.3 is 15.0 Å². The molecule has 4 nitrogen and oxygen atoms in total. The molecule has 100 valence electrons. The molecule has 2 rings (SSSR count). The zero-order valence-corrected chi connectivity index (χ0v) is 11.6. The summed E-state index contributed by atoms with van der Waals surface area (Å²) in [6.07, 6.45) is 0. The van der Waals surface area contributed by atoms with E-state index in [1.54, 1.807) is 0 Å². The van der Waals surface area contributed by atoms with E-state index in [4.69, 9.17) is 9.72 Å². The summed E-state index contributed by atoms with van der Waals surface area (Å²) in [5, 5.41) is 3.34. The van der Waals surface area contributed by atoms with Gasteiger partial charge in [0.15, 0.2) is 0 Å². The number of nitrogens with one attached hydrogen (secondary N) is 1. The molecule has 4 heteroatoms. The predicted octanol–water partition coefficient (Wildman–Crippen LogP) is 1.72. The lowest BCUT2D eigenvalue weighted by Crippen LogP contribution is -2.44. The van der Waals surface area contributed by atoms with Crippen molar-refractivity contribution in [3.05, 3.63) is 23.4 Å². The first kappa shape index (κ1) is 13.3. The molecule has 1 fully saturated rings. The molecule has 1 aliphatic heterocycles. The number of hydrogen-bond acceptors (Lipinski definition) is 4. The Hall–Kier alpha value is -1.13. The monoisotopic (exact) mass is 249 g/mol. The highest BCUT2D eigenvalue weighted by atomic mass is 16.5. The largest absolute Gasteiger partial charge is 0.377 e. The van der Waals surface area contributed by atoms with Crippen LogP contribution in [0.3, 0.4) is 0 Å². The molecule has 1 aromatic rings. The van der Waals surface area contributed by atoms with Gasteiger partial charge in [0.05, 0.1) is 19.3 Å². The fraction of sp³-hybridized carbons (Fsp3) is 0.643. The molecule has 0 aliphatic carbocycles. The Labute approximate surface area is 109 Å². The lowest BCUT2D eigenvalue weighted by Gasteiger charge is -2.34. The minimum absolute atomic E-state index is 0.408. The first-order valence-electron chi connectivity index (χ1n) is 6.74. The van der Waals surface area contributed by atoms with Crippen LogP contribution in [0.25, 0.3) is 0 Å². The van der Waals surface area contributed by atoms with E-state index >= 15 is 0 Å². The smallest absolute Gasteiger partial charge is 0.129 e. The van der Waals surface area contributed by atoms with Gasteiger partial charge in [0.2, 0.25) is 0 Å². The third-order valence-corrected chi connectivity index (χ3v) is 3.41. The van der Waals surface area contributed by atoms with Crippen molar-refractivity contribution < 1.29 is 4.74 Å². The van der Waals surface area contributed by atoms with Crippen molar-refractivity contribution in [3.8, 4) is 0 Å². The number of nitrogens with zero attached hydrogens (tertiary/aromatic N) is 2. The topological polar surface area (TPSA) is 37.4 Å². The molecule has 1 aliphatic rings. The van der Waals surface area contributed by atoms with Gasteiger partial charge in [-0.25, -0.2) is 4.98 Å². The van der Waals surface area contributed by atoms with E-state index in [1.165, 1.54) is 5.56 Å². The second-order valence-electron chi connectivity index (χ2n) is 4.81. The molecule has 0 bridgehead atoms. The molecule has 0 amide bonds. The minimum Gasteiger partial charge on any atom is -0.377 e. The van der Waals surface area contributed by atoms with Crippen molar-refractivity contribution in [2.75, 3.05) is 31.2 Å². The highest BCUT2D eigenvalue weighted by Crippen LogP contribution is 2.19. The molecule has 0 saturated carbocycles. The summed E-state index contributed by atoms with van der Waals surface area (Å²) in [7, 11) is 0. The maximum Gasteiger partial charge on any atom is 0.129 e. The van der Waals surface area contributed by atoms with Crippen molar-refractivity contribution in [3.63, 3.8) is 0 Å². The molecule has 1 saturated heterocycles. The molecule has 1 atom stereocenters. The van der Waals surface area contributed by atoms with Crippen LogP contribution < -0.4 is 10.2 Å². The van der Waals surface area contributed by atoms with Crippen molar-refractivity contribution in [2.24, 2.45) is 0 Å². The van der Waals surface area contributed by atoms with E-state index < -0.39 is 0 Å². The van der Waals surface area contributed by atoms with Crippen LogP contribution in [0.5, 0.6) is 0 Å². The van der Waals surface area contributed by atoms with Crippen molar-refractivity contribution in [1.82, 2.24) is 10.3 Å². The molecular weight excluding hydrogens is 226 g/mol. The standard InChI is InChI=1S/C14H23N3O/c1-4-15-9-13-5-6-14(16-12(13)3)17-7-8-18-10-11(17)2/h5-6,11,15H,4,7-10H2,1-3H3. The van der Waals surface area contributed by atoms with Crippen LogP contribution in [0.15, 0.2) is 12.1 Å². The molecule has 1 N–H and O–H groups in total. The van der Waals surface area contributed by atoms with Crippen LogP contribution in [0.1, 0.15) is 25.1 Å². The quantitative estimate of drug-likeness (QED) is 0.882. The molecule has 0 radical (unpaired) electrons. The fourth-order valence-corrected chi connectivity index (χ4v) is 2.25. The summed E-state index contributed by atoms with van der Waals surface area (Å²) in [5.74, 6) is 1.07. The maximum absolute atomic E-state index is 5.46. The first-order valence-corrected chi connectivity index (χ1v) is 6.74. The summed E-state index contributed by atoms with van der Waals surface area (Å²) in [6, 6.07) is 4.72. The highest BCUT2D eigenvalue weighted by Gasteiger charge is 2.20.